The number of carbonyl (C=O) groups excluding carboxylic acids is 1. The number of ketones is 1. The van der Waals surface area contributed by atoms with Crippen LogP contribution in [0, 0.1) is 3.57 Å². The zero-order valence-electron chi connectivity index (χ0n) is 10.9. The van der Waals surface area contributed by atoms with Crippen LogP contribution >= 0.6 is 34.2 Å². The molecule has 3 nitrogen and oxygen atoms in total. The molecule has 104 valence electrons. The molecule has 0 heterocycles. The van der Waals surface area contributed by atoms with Crippen molar-refractivity contribution in [2.45, 2.75) is 0 Å². The third kappa shape index (κ3) is 2.91. The van der Waals surface area contributed by atoms with Gasteiger partial charge in [-0.25, -0.2) is 0 Å². The number of rotatable bonds is 4. The molecular formula is C15H12ClIO3. The van der Waals surface area contributed by atoms with Crippen LogP contribution in [0.3, 0.4) is 0 Å². The topological polar surface area (TPSA) is 35.5 Å². The van der Waals surface area contributed by atoms with Crippen LogP contribution < -0.4 is 9.47 Å². The largest absolute Gasteiger partial charge is 0.496 e. The number of benzene rings is 2. The molecule has 0 aromatic heterocycles. The van der Waals surface area contributed by atoms with Crippen LogP contribution in [0.1, 0.15) is 15.9 Å². The SMILES string of the molecule is COc1cccc(OC)c1C(=O)c1ccc(I)c(Cl)c1. The molecule has 20 heavy (non-hydrogen) atoms. The molecule has 0 atom stereocenters. The Morgan fingerprint density at radius 2 is 1.70 bits per heavy atom. The van der Waals surface area contributed by atoms with Crippen LogP contribution in [-0.4, -0.2) is 20.0 Å². The number of halogens is 2. The van der Waals surface area contributed by atoms with Gasteiger partial charge in [0, 0.05) is 9.13 Å². The fraction of sp³-hybridized carbons (Fsp3) is 0.133. The first-order chi connectivity index (χ1) is 9.58. The maximum Gasteiger partial charge on any atom is 0.200 e. The Morgan fingerprint density at radius 1 is 1.10 bits per heavy atom. The van der Waals surface area contributed by atoms with Crippen LogP contribution in [0.5, 0.6) is 11.5 Å². The Balaban J connectivity index is 2.55. The number of methoxy groups -OCH3 is 2. The van der Waals surface area contributed by atoms with Gasteiger partial charge in [0.15, 0.2) is 0 Å². The molecule has 0 amide bonds. The van der Waals surface area contributed by atoms with Gasteiger partial charge < -0.3 is 9.47 Å². The van der Waals surface area contributed by atoms with Crippen molar-refractivity contribution in [1.82, 2.24) is 0 Å². The number of ether oxygens (including phenoxy) is 2. The smallest absolute Gasteiger partial charge is 0.200 e. The summed E-state index contributed by atoms with van der Waals surface area (Å²) in [5.41, 5.74) is 0.896. The van der Waals surface area contributed by atoms with Gasteiger partial charge in [-0.05, 0) is 52.9 Å². The molecule has 2 rings (SSSR count). The van der Waals surface area contributed by atoms with E-state index >= 15 is 0 Å². The summed E-state index contributed by atoms with van der Waals surface area (Å²) < 4.78 is 11.4. The van der Waals surface area contributed by atoms with E-state index in [9.17, 15) is 4.79 Å². The molecule has 0 aliphatic carbocycles. The number of hydrogen-bond acceptors (Lipinski definition) is 3. The Kier molecular flexibility index (Phi) is 4.88. The van der Waals surface area contributed by atoms with Crippen molar-refractivity contribution in [3.05, 3.63) is 56.1 Å². The summed E-state index contributed by atoms with van der Waals surface area (Å²) in [7, 11) is 3.04. The molecule has 0 radical (unpaired) electrons. The van der Waals surface area contributed by atoms with Gasteiger partial charge in [-0.3, -0.25) is 4.79 Å². The lowest BCUT2D eigenvalue weighted by Crippen LogP contribution is -2.06. The van der Waals surface area contributed by atoms with Gasteiger partial charge in [0.1, 0.15) is 17.1 Å². The second kappa shape index (κ2) is 6.45. The van der Waals surface area contributed by atoms with Gasteiger partial charge >= 0.3 is 0 Å². The predicted octanol–water partition coefficient (Wildman–Crippen LogP) is 4.19. The molecule has 0 saturated heterocycles. The summed E-state index contributed by atoms with van der Waals surface area (Å²) in [6.45, 7) is 0. The Labute approximate surface area is 136 Å². The average Bonchev–Trinajstić information content (AvgIpc) is 2.48. The third-order valence-electron chi connectivity index (χ3n) is 2.84. The number of carbonyl (C=O) groups is 1. The molecule has 0 fully saturated rings. The van der Waals surface area contributed by atoms with E-state index in [0.29, 0.717) is 27.6 Å². The fourth-order valence-corrected chi connectivity index (χ4v) is 2.37. The van der Waals surface area contributed by atoms with Crippen molar-refractivity contribution in [3.63, 3.8) is 0 Å². The summed E-state index contributed by atoms with van der Waals surface area (Å²) in [5.74, 6) is 0.769. The summed E-state index contributed by atoms with van der Waals surface area (Å²) in [4.78, 5) is 12.6. The molecule has 0 aliphatic rings. The normalized spacial score (nSPS) is 10.2. The van der Waals surface area contributed by atoms with Crippen molar-refractivity contribution < 1.29 is 14.3 Å². The molecule has 0 aliphatic heterocycles. The van der Waals surface area contributed by atoms with E-state index in [1.165, 1.54) is 14.2 Å². The Morgan fingerprint density at radius 3 is 2.20 bits per heavy atom. The van der Waals surface area contributed by atoms with Crippen LogP contribution in [0.25, 0.3) is 0 Å². The lowest BCUT2D eigenvalue weighted by Gasteiger charge is -2.12. The van der Waals surface area contributed by atoms with Crippen molar-refractivity contribution in [3.8, 4) is 11.5 Å². The monoisotopic (exact) mass is 402 g/mol. The molecule has 0 spiro atoms. The third-order valence-corrected chi connectivity index (χ3v) is 4.41. The summed E-state index contributed by atoms with van der Waals surface area (Å²) in [6.07, 6.45) is 0. The lowest BCUT2D eigenvalue weighted by atomic mass is 10.0. The lowest BCUT2D eigenvalue weighted by molar-refractivity contribution is 0.103. The minimum Gasteiger partial charge on any atom is -0.496 e. The van der Waals surface area contributed by atoms with E-state index in [2.05, 4.69) is 22.6 Å². The van der Waals surface area contributed by atoms with E-state index < -0.39 is 0 Å². The highest BCUT2D eigenvalue weighted by atomic mass is 127. The van der Waals surface area contributed by atoms with Crippen molar-refractivity contribution >= 4 is 40.0 Å². The van der Waals surface area contributed by atoms with Gasteiger partial charge in [-0.15, -0.1) is 0 Å². The van der Waals surface area contributed by atoms with Crippen LogP contribution in [-0.2, 0) is 0 Å². The highest BCUT2D eigenvalue weighted by molar-refractivity contribution is 14.1. The average molecular weight is 403 g/mol. The van der Waals surface area contributed by atoms with Crippen LogP contribution in [0.4, 0.5) is 0 Å². The molecule has 2 aromatic rings. The van der Waals surface area contributed by atoms with E-state index in [0.717, 1.165) is 3.57 Å². The molecule has 0 unspecified atom stereocenters. The van der Waals surface area contributed by atoms with Gasteiger partial charge in [0.25, 0.3) is 0 Å². The zero-order valence-corrected chi connectivity index (χ0v) is 13.9. The quantitative estimate of drug-likeness (QED) is 0.568. The van der Waals surface area contributed by atoms with E-state index in [-0.39, 0.29) is 5.78 Å². The molecule has 0 bridgehead atoms. The first-order valence-electron chi connectivity index (χ1n) is 5.79. The summed E-state index contributed by atoms with van der Waals surface area (Å²) >= 11 is 8.19. The summed E-state index contributed by atoms with van der Waals surface area (Å²) in [5, 5.41) is 0.547. The Hall–Kier alpha value is -1.27. The van der Waals surface area contributed by atoms with Gasteiger partial charge in [0.05, 0.1) is 19.2 Å². The van der Waals surface area contributed by atoms with Crippen molar-refractivity contribution in [2.24, 2.45) is 0 Å². The number of hydrogen-bond donors (Lipinski definition) is 0. The maximum atomic E-state index is 12.6. The summed E-state index contributed by atoms with van der Waals surface area (Å²) in [6, 6.07) is 10.4. The van der Waals surface area contributed by atoms with Gasteiger partial charge in [0.2, 0.25) is 5.78 Å². The molecule has 0 saturated carbocycles. The van der Waals surface area contributed by atoms with Crippen LogP contribution in [0.15, 0.2) is 36.4 Å². The molecule has 5 heteroatoms. The first-order valence-corrected chi connectivity index (χ1v) is 7.25. The second-order valence-electron chi connectivity index (χ2n) is 4.00. The minimum atomic E-state index is -0.183. The predicted molar refractivity (Wildman–Crippen MR) is 87.1 cm³/mol. The van der Waals surface area contributed by atoms with Gasteiger partial charge in [-0.2, -0.15) is 0 Å². The zero-order chi connectivity index (χ0) is 14.7. The fourth-order valence-electron chi connectivity index (χ4n) is 1.86. The van der Waals surface area contributed by atoms with E-state index in [1.54, 1.807) is 36.4 Å². The Bertz CT molecular complexity index is 633. The van der Waals surface area contributed by atoms with Crippen molar-refractivity contribution in [1.29, 1.82) is 0 Å². The molecule has 2 aromatic carbocycles. The van der Waals surface area contributed by atoms with E-state index in [4.69, 9.17) is 21.1 Å². The minimum absolute atomic E-state index is 0.183. The van der Waals surface area contributed by atoms with Crippen molar-refractivity contribution in [2.75, 3.05) is 14.2 Å². The molecule has 0 N–H and O–H groups in total. The highest BCUT2D eigenvalue weighted by Crippen LogP contribution is 2.31. The van der Waals surface area contributed by atoms with E-state index in [1.807, 2.05) is 0 Å². The first kappa shape index (κ1) is 15.1. The highest BCUT2D eigenvalue weighted by Gasteiger charge is 2.20. The maximum absolute atomic E-state index is 12.6. The van der Waals surface area contributed by atoms with Crippen LogP contribution in [0.2, 0.25) is 5.02 Å². The second-order valence-corrected chi connectivity index (χ2v) is 5.56. The van der Waals surface area contributed by atoms with Gasteiger partial charge in [-0.1, -0.05) is 17.7 Å². The molecular weight excluding hydrogens is 391 g/mol. The standard InChI is InChI=1S/C15H12ClIO3/c1-19-12-4-3-5-13(20-2)14(12)15(18)9-6-7-11(17)10(16)8-9/h3-8H,1-2H3.